The molecule has 0 aliphatic rings. The molecule has 19 heteroatoms. The molecule has 0 aromatic rings. The smallest absolute Gasteiger partial charge is 0.462 e. The highest BCUT2D eigenvalue weighted by Crippen LogP contribution is 2.45. The molecular formula is C93H182O17P2. The van der Waals surface area contributed by atoms with Gasteiger partial charge in [-0.2, -0.15) is 0 Å². The highest BCUT2D eigenvalue weighted by atomic mass is 31.2. The van der Waals surface area contributed by atoms with Crippen molar-refractivity contribution in [2.24, 2.45) is 0 Å². The van der Waals surface area contributed by atoms with Crippen LogP contribution in [0.25, 0.3) is 0 Å². The van der Waals surface area contributed by atoms with Gasteiger partial charge in [0.25, 0.3) is 0 Å². The topological polar surface area (TPSA) is 237 Å². The Morgan fingerprint density at radius 2 is 0.357 bits per heavy atom. The summed E-state index contributed by atoms with van der Waals surface area (Å²) >= 11 is 0. The second-order valence-corrected chi connectivity index (χ2v) is 36.3. The molecule has 0 aliphatic carbocycles. The number of phosphoric ester groups is 2. The SMILES string of the molecule is CCCCCCCCCCCCCCCCCCCCCCC(=O)OC[C@H](COP(=O)(O)OC[C@@H](O)COP(=O)(O)OC[C@@H](COC(=O)CCCCCCCCCCCCCCC)OC(=O)CCCCCCCCCCCCCCCCCCCCC)OC(=O)CCCCCCCCCCCCCCCCCCCCCC. The highest BCUT2D eigenvalue weighted by molar-refractivity contribution is 7.47. The van der Waals surface area contributed by atoms with Gasteiger partial charge in [-0.25, -0.2) is 9.13 Å². The maximum absolute atomic E-state index is 13.2. The van der Waals surface area contributed by atoms with E-state index in [4.69, 9.17) is 37.0 Å². The van der Waals surface area contributed by atoms with Gasteiger partial charge < -0.3 is 33.8 Å². The molecule has 0 rings (SSSR count). The molecule has 0 aliphatic heterocycles. The van der Waals surface area contributed by atoms with Crippen LogP contribution in [0, 0.1) is 0 Å². The third kappa shape index (κ3) is 85.9. The molecule has 3 N–H and O–H groups in total. The second-order valence-electron chi connectivity index (χ2n) is 33.4. The first-order valence-electron chi connectivity index (χ1n) is 48.3. The Morgan fingerprint density at radius 1 is 0.214 bits per heavy atom. The summed E-state index contributed by atoms with van der Waals surface area (Å²) in [5, 5.41) is 10.7. The standard InChI is InChI=1S/C93H182O17P2/c1-5-9-13-17-21-25-29-33-36-39-42-45-47-50-54-58-62-66-70-74-78-91(96)104-84-89(110-93(98)80-76-72-68-64-60-56-52-49-46-43-40-37-34-30-26-22-18-14-10-6-2)86-108-112(101,102)106-82-87(94)81-105-111(99,100)107-85-88(83-103-90(95)77-73-69-65-61-57-53-32-28-24-20-16-12-8-4)109-92(97)79-75-71-67-63-59-55-51-48-44-41-38-35-31-27-23-19-15-11-7-3/h87-89,94H,5-86H2,1-4H3,(H,99,100)(H,101,102)/t87-,88+,89+/m0/s1. The fourth-order valence-corrected chi connectivity index (χ4v) is 16.3. The molecule has 0 fully saturated rings. The summed E-state index contributed by atoms with van der Waals surface area (Å²) in [6.45, 7) is 5.11. The van der Waals surface area contributed by atoms with Crippen LogP contribution in [0.3, 0.4) is 0 Å². The van der Waals surface area contributed by atoms with E-state index in [9.17, 15) is 43.2 Å². The number of hydrogen-bond acceptors (Lipinski definition) is 15. The third-order valence-corrected chi connectivity index (χ3v) is 24.0. The number of ether oxygens (including phenoxy) is 4. The molecule has 2 unspecified atom stereocenters. The van der Waals surface area contributed by atoms with E-state index < -0.39 is 97.5 Å². The van der Waals surface area contributed by atoms with E-state index in [-0.39, 0.29) is 25.7 Å². The monoisotopic (exact) mass is 1630 g/mol. The average molecular weight is 1630 g/mol. The molecule has 5 atom stereocenters. The Kier molecular flexibility index (Phi) is 85.4. The molecule has 0 spiro atoms. The average Bonchev–Trinajstić information content (AvgIpc) is 0.897. The van der Waals surface area contributed by atoms with Gasteiger partial charge in [0.05, 0.1) is 26.4 Å². The van der Waals surface area contributed by atoms with Crippen molar-refractivity contribution in [3.63, 3.8) is 0 Å². The Bertz CT molecular complexity index is 2100. The maximum Gasteiger partial charge on any atom is 0.472 e. The van der Waals surface area contributed by atoms with Crippen LogP contribution in [0.5, 0.6) is 0 Å². The number of phosphoric acid groups is 2. The Balaban J connectivity index is 5.25. The lowest BCUT2D eigenvalue weighted by Crippen LogP contribution is -2.30. The minimum atomic E-state index is -4.97. The zero-order chi connectivity index (χ0) is 81.7. The predicted octanol–water partition coefficient (Wildman–Crippen LogP) is 29.3. The highest BCUT2D eigenvalue weighted by Gasteiger charge is 2.31. The number of aliphatic hydroxyl groups excluding tert-OH is 1. The van der Waals surface area contributed by atoms with E-state index in [1.54, 1.807) is 0 Å². The van der Waals surface area contributed by atoms with Crippen molar-refractivity contribution in [2.45, 2.75) is 534 Å². The molecule has 112 heavy (non-hydrogen) atoms. The molecule has 0 saturated carbocycles. The number of aliphatic hydroxyl groups is 1. The van der Waals surface area contributed by atoms with Crippen molar-refractivity contribution >= 4 is 39.5 Å². The van der Waals surface area contributed by atoms with Gasteiger partial charge in [-0.1, -0.05) is 464 Å². The lowest BCUT2D eigenvalue weighted by Gasteiger charge is -2.21. The van der Waals surface area contributed by atoms with Crippen molar-refractivity contribution in [3.8, 4) is 0 Å². The van der Waals surface area contributed by atoms with Gasteiger partial charge in [-0.05, 0) is 25.7 Å². The number of hydrogen-bond donors (Lipinski definition) is 3. The zero-order valence-electron chi connectivity index (χ0n) is 73.7. The van der Waals surface area contributed by atoms with Crippen LogP contribution >= 0.6 is 15.6 Å². The number of rotatable bonds is 94. The van der Waals surface area contributed by atoms with Crippen LogP contribution < -0.4 is 0 Å². The molecule has 0 heterocycles. The maximum atomic E-state index is 13.2. The van der Waals surface area contributed by atoms with Crippen molar-refractivity contribution in [1.29, 1.82) is 0 Å². The van der Waals surface area contributed by atoms with Gasteiger partial charge in [0.15, 0.2) is 12.2 Å². The summed E-state index contributed by atoms with van der Waals surface area (Å²) in [6, 6.07) is 0. The fraction of sp³-hybridized carbons (Fsp3) is 0.957. The summed E-state index contributed by atoms with van der Waals surface area (Å²) in [6.07, 6.45) is 84.8. The predicted molar refractivity (Wildman–Crippen MR) is 465 cm³/mol. The molecule has 0 saturated heterocycles. The molecule has 0 aromatic heterocycles. The van der Waals surface area contributed by atoms with Gasteiger partial charge in [0.2, 0.25) is 0 Å². The zero-order valence-corrected chi connectivity index (χ0v) is 75.5. The van der Waals surface area contributed by atoms with Crippen LogP contribution in [-0.2, 0) is 65.4 Å². The molecule has 0 aromatic carbocycles. The lowest BCUT2D eigenvalue weighted by molar-refractivity contribution is -0.161. The van der Waals surface area contributed by atoms with Crippen molar-refractivity contribution in [1.82, 2.24) is 0 Å². The Labute approximate surface area is 689 Å². The fourth-order valence-electron chi connectivity index (χ4n) is 14.8. The number of esters is 4. The van der Waals surface area contributed by atoms with E-state index in [1.165, 1.54) is 347 Å². The minimum absolute atomic E-state index is 0.110. The summed E-state index contributed by atoms with van der Waals surface area (Å²) < 4.78 is 69.2. The normalized spacial score (nSPS) is 13.6. The second kappa shape index (κ2) is 86.9. The van der Waals surface area contributed by atoms with E-state index >= 15 is 0 Å². The first-order valence-corrected chi connectivity index (χ1v) is 51.3. The summed E-state index contributed by atoms with van der Waals surface area (Å²) in [5.41, 5.74) is 0. The molecule has 17 nitrogen and oxygen atoms in total. The molecular weight excluding hydrogens is 1450 g/mol. The van der Waals surface area contributed by atoms with Gasteiger partial charge >= 0.3 is 39.5 Å². The first-order chi connectivity index (χ1) is 54.7. The van der Waals surface area contributed by atoms with Crippen LogP contribution in [-0.4, -0.2) is 96.7 Å². The summed E-state index contributed by atoms with van der Waals surface area (Å²) in [5.74, 6) is -2.09. The van der Waals surface area contributed by atoms with Gasteiger partial charge in [-0.15, -0.1) is 0 Å². The summed E-state index contributed by atoms with van der Waals surface area (Å²) in [4.78, 5) is 73.5. The molecule has 0 amide bonds. The van der Waals surface area contributed by atoms with Crippen molar-refractivity contribution in [3.05, 3.63) is 0 Å². The minimum Gasteiger partial charge on any atom is -0.462 e. The van der Waals surface area contributed by atoms with Crippen LogP contribution in [0.2, 0.25) is 0 Å². The van der Waals surface area contributed by atoms with Gasteiger partial charge in [-0.3, -0.25) is 37.3 Å². The quantitative estimate of drug-likeness (QED) is 0.0222. The van der Waals surface area contributed by atoms with Crippen LogP contribution in [0.15, 0.2) is 0 Å². The van der Waals surface area contributed by atoms with Gasteiger partial charge in [0, 0.05) is 25.7 Å². The van der Waals surface area contributed by atoms with E-state index in [1.807, 2.05) is 0 Å². The number of carbonyl (C=O) groups is 4. The van der Waals surface area contributed by atoms with Crippen molar-refractivity contribution < 1.29 is 80.2 Å². The molecule has 0 radical (unpaired) electrons. The number of carbonyl (C=O) groups excluding carboxylic acids is 4. The lowest BCUT2D eigenvalue weighted by atomic mass is 10.0. The first kappa shape index (κ1) is 110. The van der Waals surface area contributed by atoms with Crippen LogP contribution in [0.4, 0.5) is 0 Å². The number of unbranched alkanes of at least 4 members (excludes halogenated alkanes) is 68. The van der Waals surface area contributed by atoms with E-state index in [0.29, 0.717) is 25.7 Å². The van der Waals surface area contributed by atoms with E-state index in [0.717, 1.165) is 89.9 Å². The molecule has 666 valence electrons. The summed E-state index contributed by atoms with van der Waals surface area (Å²) in [7, 11) is -9.94. The Hall–Kier alpha value is -1.94. The van der Waals surface area contributed by atoms with Gasteiger partial charge in [0.1, 0.15) is 19.3 Å². The largest absolute Gasteiger partial charge is 0.472 e. The third-order valence-electron chi connectivity index (χ3n) is 22.1. The van der Waals surface area contributed by atoms with Crippen molar-refractivity contribution in [2.75, 3.05) is 39.6 Å². The van der Waals surface area contributed by atoms with Crippen LogP contribution in [0.1, 0.15) is 516 Å². The molecule has 0 bridgehead atoms. The van der Waals surface area contributed by atoms with E-state index in [2.05, 4.69) is 27.7 Å². The Morgan fingerprint density at radius 3 is 0.527 bits per heavy atom.